The van der Waals surface area contributed by atoms with Crippen LogP contribution in [0.1, 0.15) is 22.7 Å². The number of hydrogen-bond acceptors (Lipinski definition) is 7. The van der Waals surface area contributed by atoms with Crippen molar-refractivity contribution in [2.75, 3.05) is 5.75 Å². The Balaban J connectivity index is 1.51. The summed E-state index contributed by atoms with van der Waals surface area (Å²) in [4.78, 5) is 27.4. The first-order valence-electron chi connectivity index (χ1n) is 10.2. The number of allylic oxidation sites excluding steroid dienone is 2. The number of nitrogens with one attached hydrogen (secondary N) is 1. The summed E-state index contributed by atoms with van der Waals surface area (Å²) in [5.74, 6) is 0.276. The van der Waals surface area contributed by atoms with Gasteiger partial charge in [-0.3, -0.25) is 9.36 Å². The smallest absolute Gasteiger partial charge is 0.263 e. The molecular weight excluding hydrogens is 442 g/mol. The molecule has 5 rings (SSSR count). The fourth-order valence-electron chi connectivity index (χ4n) is 3.99. The van der Waals surface area contributed by atoms with E-state index >= 15 is 0 Å². The number of hydrogen-bond donors (Lipinski definition) is 2. The quantitative estimate of drug-likeness (QED) is 0.143. The van der Waals surface area contributed by atoms with Gasteiger partial charge in [0, 0.05) is 11.4 Å². The topological polar surface area (TPSA) is 108 Å². The lowest BCUT2D eigenvalue weighted by Crippen LogP contribution is -2.23. The standard InChI is InChI=1S/C23H19N5O2S2/c1-2-10-28-22(30)19-13-6-5-9-18(13)32-21(19)27-23(28)31-12-17(29)14(11-24)20-25-15-7-3-4-8-16(15)26-20/h2-4,7-8,29H,1,5-6,9-10,12H2,(H,25,26)/b17-14-. The van der Waals surface area contributed by atoms with E-state index < -0.39 is 0 Å². The molecule has 160 valence electrons. The number of H-pyrrole nitrogens is 1. The summed E-state index contributed by atoms with van der Waals surface area (Å²) in [6.07, 6.45) is 4.65. The molecule has 1 aliphatic rings. The predicted molar refractivity (Wildman–Crippen MR) is 128 cm³/mol. The number of nitrogens with zero attached hydrogens (tertiary/aromatic N) is 4. The SMILES string of the molecule is C=CCn1c(SC/C(O)=C(\C#N)c2nc3ccccc3[nH]2)nc2sc3c(c2c1=O)CCC3. The van der Waals surface area contributed by atoms with Crippen LogP contribution in [0.25, 0.3) is 26.8 Å². The van der Waals surface area contributed by atoms with Crippen molar-refractivity contribution in [1.82, 2.24) is 19.5 Å². The Morgan fingerprint density at radius 2 is 2.22 bits per heavy atom. The van der Waals surface area contributed by atoms with Gasteiger partial charge in [0.05, 0.1) is 22.2 Å². The minimum Gasteiger partial charge on any atom is -0.510 e. The van der Waals surface area contributed by atoms with Gasteiger partial charge in [-0.05, 0) is 37.0 Å². The van der Waals surface area contributed by atoms with Gasteiger partial charge in [-0.15, -0.1) is 17.9 Å². The average Bonchev–Trinajstić information content (AvgIpc) is 3.49. The van der Waals surface area contributed by atoms with Crippen LogP contribution in [0.5, 0.6) is 0 Å². The highest BCUT2D eigenvalue weighted by molar-refractivity contribution is 7.99. The number of thiophene rings is 1. The fraction of sp³-hybridized carbons (Fsp3) is 0.217. The number of rotatable bonds is 6. The van der Waals surface area contributed by atoms with E-state index in [4.69, 9.17) is 4.98 Å². The number of aromatic nitrogens is 4. The number of aryl methyl sites for hydroxylation is 2. The number of nitriles is 1. The molecule has 32 heavy (non-hydrogen) atoms. The molecule has 1 aromatic carbocycles. The maximum Gasteiger partial charge on any atom is 0.263 e. The molecule has 0 saturated carbocycles. The number of aliphatic hydroxyl groups excluding tert-OH is 1. The van der Waals surface area contributed by atoms with E-state index in [9.17, 15) is 15.2 Å². The molecule has 0 saturated heterocycles. The number of para-hydroxylation sites is 2. The van der Waals surface area contributed by atoms with Gasteiger partial charge in [-0.25, -0.2) is 9.97 Å². The van der Waals surface area contributed by atoms with E-state index in [0.717, 1.165) is 35.2 Å². The molecule has 2 N–H and O–H groups in total. The van der Waals surface area contributed by atoms with Gasteiger partial charge in [0.15, 0.2) is 11.0 Å². The zero-order chi connectivity index (χ0) is 22.2. The first-order chi connectivity index (χ1) is 15.6. The maximum atomic E-state index is 13.2. The van der Waals surface area contributed by atoms with E-state index in [0.29, 0.717) is 28.4 Å². The average molecular weight is 462 g/mol. The van der Waals surface area contributed by atoms with Crippen LogP contribution in [0, 0.1) is 11.3 Å². The molecule has 0 fully saturated rings. The molecule has 0 aliphatic heterocycles. The van der Waals surface area contributed by atoms with Crippen molar-refractivity contribution in [3.63, 3.8) is 0 Å². The van der Waals surface area contributed by atoms with Crippen LogP contribution in [-0.4, -0.2) is 30.4 Å². The van der Waals surface area contributed by atoms with E-state index in [1.54, 1.807) is 22.0 Å². The number of thioether (sulfide) groups is 1. The highest BCUT2D eigenvalue weighted by Crippen LogP contribution is 2.36. The van der Waals surface area contributed by atoms with Crippen LogP contribution in [0.3, 0.4) is 0 Å². The van der Waals surface area contributed by atoms with Crippen molar-refractivity contribution in [3.8, 4) is 6.07 Å². The minimum atomic E-state index is -0.121. The molecule has 0 spiro atoms. The summed E-state index contributed by atoms with van der Waals surface area (Å²) in [6.45, 7) is 4.09. The van der Waals surface area contributed by atoms with E-state index in [1.807, 2.05) is 30.3 Å². The Morgan fingerprint density at radius 3 is 3.00 bits per heavy atom. The van der Waals surface area contributed by atoms with Gasteiger partial charge >= 0.3 is 0 Å². The van der Waals surface area contributed by atoms with Crippen LogP contribution in [0.15, 0.2) is 52.6 Å². The summed E-state index contributed by atoms with van der Waals surface area (Å²) < 4.78 is 1.59. The van der Waals surface area contributed by atoms with E-state index in [-0.39, 0.29) is 22.6 Å². The van der Waals surface area contributed by atoms with Gasteiger partial charge in [0.2, 0.25) is 0 Å². The first kappa shape index (κ1) is 20.5. The molecule has 0 bridgehead atoms. The minimum absolute atomic E-state index is 0.0712. The molecule has 9 heteroatoms. The van der Waals surface area contributed by atoms with Gasteiger partial charge < -0.3 is 10.1 Å². The number of aromatic amines is 1. The molecular formula is C23H19N5O2S2. The van der Waals surface area contributed by atoms with E-state index in [2.05, 4.69) is 16.5 Å². The summed E-state index contributed by atoms with van der Waals surface area (Å²) in [5.41, 5.74) is 2.64. The van der Waals surface area contributed by atoms with Gasteiger partial charge in [-0.2, -0.15) is 5.26 Å². The Hall–Kier alpha value is -3.35. The van der Waals surface area contributed by atoms with Crippen molar-refractivity contribution in [2.45, 2.75) is 31.0 Å². The van der Waals surface area contributed by atoms with Crippen LogP contribution in [0.4, 0.5) is 0 Å². The monoisotopic (exact) mass is 461 g/mol. The number of fused-ring (bicyclic) bond motifs is 4. The van der Waals surface area contributed by atoms with E-state index in [1.165, 1.54) is 16.6 Å². The van der Waals surface area contributed by atoms with Crippen LogP contribution >= 0.6 is 23.1 Å². The third-order valence-electron chi connectivity index (χ3n) is 5.47. The number of aliphatic hydroxyl groups is 1. The van der Waals surface area contributed by atoms with Gasteiger partial charge in [0.25, 0.3) is 5.56 Å². The summed E-state index contributed by atoms with van der Waals surface area (Å²) >= 11 is 2.80. The lowest BCUT2D eigenvalue weighted by molar-refractivity contribution is 0.420. The van der Waals surface area contributed by atoms with Crippen molar-refractivity contribution < 1.29 is 5.11 Å². The van der Waals surface area contributed by atoms with Crippen molar-refractivity contribution >= 4 is 49.9 Å². The second kappa shape index (κ2) is 8.30. The second-order valence-electron chi connectivity index (χ2n) is 7.46. The predicted octanol–water partition coefficient (Wildman–Crippen LogP) is 4.59. The number of benzene rings is 1. The Morgan fingerprint density at radius 1 is 1.38 bits per heavy atom. The molecule has 0 unspecified atom stereocenters. The summed E-state index contributed by atoms with van der Waals surface area (Å²) in [6, 6.07) is 9.47. The van der Waals surface area contributed by atoms with Gasteiger partial charge in [0.1, 0.15) is 22.2 Å². The molecule has 0 amide bonds. The van der Waals surface area contributed by atoms with Gasteiger partial charge in [-0.1, -0.05) is 30.0 Å². The lowest BCUT2D eigenvalue weighted by atomic mass is 10.2. The molecule has 7 nitrogen and oxygen atoms in total. The largest absolute Gasteiger partial charge is 0.510 e. The van der Waals surface area contributed by atoms with Crippen molar-refractivity contribution in [1.29, 1.82) is 5.26 Å². The molecule has 4 aromatic rings. The van der Waals surface area contributed by atoms with Crippen LogP contribution < -0.4 is 5.56 Å². The highest BCUT2D eigenvalue weighted by Gasteiger charge is 2.23. The fourth-order valence-corrected chi connectivity index (χ4v) is 6.18. The Bertz CT molecular complexity index is 1470. The lowest BCUT2D eigenvalue weighted by Gasteiger charge is -2.10. The summed E-state index contributed by atoms with van der Waals surface area (Å²) in [5, 5.41) is 21.5. The molecule has 3 aromatic heterocycles. The molecule has 0 atom stereocenters. The highest BCUT2D eigenvalue weighted by atomic mass is 32.2. The zero-order valence-electron chi connectivity index (χ0n) is 17.1. The third-order valence-corrected chi connectivity index (χ3v) is 7.64. The van der Waals surface area contributed by atoms with Crippen molar-refractivity contribution in [2.24, 2.45) is 0 Å². The molecule has 0 radical (unpaired) electrons. The normalized spacial score (nSPS) is 13.8. The summed E-state index contributed by atoms with van der Waals surface area (Å²) in [7, 11) is 0. The van der Waals surface area contributed by atoms with Crippen LogP contribution in [-0.2, 0) is 19.4 Å². The number of imidazole rings is 1. The molecule has 1 aliphatic carbocycles. The van der Waals surface area contributed by atoms with Crippen LogP contribution in [0.2, 0.25) is 0 Å². The maximum absolute atomic E-state index is 13.2. The third kappa shape index (κ3) is 3.42. The first-order valence-corrected chi connectivity index (χ1v) is 12.0. The second-order valence-corrected chi connectivity index (χ2v) is 9.49. The van der Waals surface area contributed by atoms with Crippen molar-refractivity contribution in [3.05, 3.63) is 69.3 Å². The zero-order valence-corrected chi connectivity index (χ0v) is 18.7. The Labute approximate surface area is 191 Å². The Kier molecular flexibility index (Phi) is 5.33. The molecule has 3 heterocycles.